The molecule has 1 aliphatic rings. The number of ketones is 1. The lowest BCUT2D eigenvalue weighted by Crippen LogP contribution is -2.49. The second kappa shape index (κ2) is 5.54. The van der Waals surface area contributed by atoms with Gasteiger partial charge in [-0.1, -0.05) is 6.92 Å². The van der Waals surface area contributed by atoms with Crippen LogP contribution in [0.1, 0.15) is 43.4 Å². The van der Waals surface area contributed by atoms with Crippen molar-refractivity contribution in [2.24, 2.45) is 0 Å². The van der Waals surface area contributed by atoms with E-state index in [1.807, 2.05) is 0 Å². The molecule has 1 fully saturated rings. The minimum Gasteiger partial charge on any atom is -0.297 e. The van der Waals surface area contributed by atoms with Crippen molar-refractivity contribution in [3.05, 3.63) is 21.9 Å². The van der Waals surface area contributed by atoms with Gasteiger partial charge in [0, 0.05) is 16.2 Å². The van der Waals surface area contributed by atoms with Crippen LogP contribution in [0.5, 0.6) is 0 Å². The summed E-state index contributed by atoms with van der Waals surface area (Å²) in [6.07, 6.45) is 4.12. The van der Waals surface area contributed by atoms with Gasteiger partial charge >= 0.3 is 0 Å². The molecule has 2 heterocycles. The molecule has 0 unspecified atom stereocenters. The zero-order valence-corrected chi connectivity index (χ0v) is 12.5. The predicted octanol–water partition coefficient (Wildman–Crippen LogP) is 3.30. The molecule has 0 atom stereocenters. The highest BCUT2D eigenvalue weighted by Crippen LogP contribution is 2.25. The van der Waals surface area contributed by atoms with Crippen LogP contribution in [0.3, 0.4) is 0 Å². The summed E-state index contributed by atoms with van der Waals surface area (Å²) in [5, 5.41) is 0. The normalized spacial score (nSPS) is 17.3. The zero-order chi connectivity index (χ0) is 13.2. The van der Waals surface area contributed by atoms with Crippen LogP contribution in [0.25, 0.3) is 0 Å². The first-order chi connectivity index (χ1) is 8.54. The smallest absolute Gasteiger partial charge is 0.157 e. The van der Waals surface area contributed by atoms with Crippen LogP contribution in [0.4, 0.5) is 0 Å². The first kappa shape index (κ1) is 13.8. The lowest BCUT2D eigenvalue weighted by atomic mass is 9.94. The summed E-state index contributed by atoms with van der Waals surface area (Å²) in [5.74, 6) is 0.355. The van der Waals surface area contributed by atoms with Crippen molar-refractivity contribution in [3.8, 4) is 0 Å². The summed E-state index contributed by atoms with van der Waals surface area (Å²) in [5.41, 5.74) is -0.299. The predicted molar refractivity (Wildman–Crippen MR) is 77.3 cm³/mol. The Balaban J connectivity index is 2.01. The fourth-order valence-corrected chi connectivity index (χ4v) is 3.49. The van der Waals surface area contributed by atoms with E-state index in [0.717, 1.165) is 19.5 Å². The van der Waals surface area contributed by atoms with Crippen LogP contribution in [0.15, 0.2) is 12.1 Å². The molecule has 0 amide bonds. The third-order valence-electron chi connectivity index (χ3n) is 3.98. The van der Waals surface area contributed by atoms with E-state index in [9.17, 15) is 4.79 Å². The summed E-state index contributed by atoms with van der Waals surface area (Å²) in [6, 6.07) is 4.26. The summed E-state index contributed by atoms with van der Waals surface area (Å²) in [7, 11) is 0. The van der Waals surface area contributed by atoms with E-state index in [-0.39, 0.29) is 5.54 Å². The second-order valence-corrected chi connectivity index (χ2v) is 6.83. The molecule has 2 rings (SSSR count). The first-order valence-electron chi connectivity index (χ1n) is 6.90. The van der Waals surface area contributed by atoms with Gasteiger partial charge in [-0.25, -0.2) is 0 Å². The minimum atomic E-state index is -0.299. The van der Waals surface area contributed by atoms with Crippen LogP contribution in [-0.2, 0) is 17.6 Å². The number of hydrogen-bond acceptors (Lipinski definition) is 3. The average molecular weight is 265 g/mol. The Hall–Kier alpha value is -0.670. The van der Waals surface area contributed by atoms with E-state index in [1.165, 1.54) is 22.6 Å². The van der Waals surface area contributed by atoms with Crippen molar-refractivity contribution < 1.29 is 4.79 Å². The molecule has 0 saturated carbocycles. The number of nitrogens with zero attached hydrogens (tertiary/aromatic N) is 1. The maximum atomic E-state index is 12.5. The molecule has 18 heavy (non-hydrogen) atoms. The van der Waals surface area contributed by atoms with E-state index in [0.29, 0.717) is 12.2 Å². The quantitative estimate of drug-likeness (QED) is 0.814. The largest absolute Gasteiger partial charge is 0.297 e. The van der Waals surface area contributed by atoms with E-state index in [2.05, 4.69) is 37.8 Å². The van der Waals surface area contributed by atoms with Crippen molar-refractivity contribution in [2.75, 3.05) is 13.1 Å². The Morgan fingerprint density at radius 3 is 2.44 bits per heavy atom. The van der Waals surface area contributed by atoms with Gasteiger partial charge in [-0.2, -0.15) is 0 Å². The van der Waals surface area contributed by atoms with E-state index >= 15 is 0 Å². The molecular weight excluding hydrogens is 242 g/mol. The molecule has 1 aromatic heterocycles. The Morgan fingerprint density at radius 2 is 1.89 bits per heavy atom. The number of Topliss-reactive ketones (excluding diaryl/α,β-unsaturated/α-hetero) is 1. The van der Waals surface area contributed by atoms with Crippen LogP contribution in [0.2, 0.25) is 0 Å². The molecule has 0 spiro atoms. The number of carbonyl (C=O) groups excluding carboxylic acids is 1. The summed E-state index contributed by atoms with van der Waals surface area (Å²) in [4.78, 5) is 17.4. The molecular formula is C15H23NOS. The van der Waals surface area contributed by atoms with Crippen LogP contribution in [-0.4, -0.2) is 29.3 Å². The van der Waals surface area contributed by atoms with Gasteiger partial charge in [-0.3, -0.25) is 9.69 Å². The summed E-state index contributed by atoms with van der Waals surface area (Å²) >= 11 is 1.78. The number of aryl methyl sites for hydroxylation is 1. The standard InChI is InChI=1S/C15H23NOS/c1-4-12-7-8-13(18-12)11-14(17)15(2,3)16-9-5-6-10-16/h7-8H,4-6,9-11H2,1-3H3. The van der Waals surface area contributed by atoms with Crippen LogP contribution in [0, 0.1) is 0 Å². The SMILES string of the molecule is CCc1ccc(CC(=O)C(C)(C)N2CCCC2)s1. The van der Waals surface area contributed by atoms with Crippen molar-refractivity contribution in [1.29, 1.82) is 0 Å². The third-order valence-corrected chi connectivity index (χ3v) is 5.21. The number of thiophene rings is 1. The average Bonchev–Trinajstić information content (AvgIpc) is 2.99. The molecule has 3 heteroatoms. The molecule has 1 aromatic rings. The second-order valence-electron chi connectivity index (χ2n) is 5.57. The van der Waals surface area contributed by atoms with Crippen molar-refractivity contribution in [2.45, 2.75) is 52.0 Å². The van der Waals surface area contributed by atoms with Gasteiger partial charge in [0.2, 0.25) is 0 Å². The zero-order valence-electron chi connectivity index (χ0n) is 11.7. The summed E-state index contributed by atoms with van der Waals surface area (Å²) < 4.78 is 0. The summed E-state index contributed by atoms with van der Waals surface area (Å²) in [6.45, 7) is 8.46. The molecule has 1 aliphatic heterocycles. The highest BCUT2D eigenvalue weighted by Gasteiger charge is 2.35. The van der Waals surface area contributed by atoms with Gasteiger partial charge in [-0.05, 0) is 58.3 Å². The molecule has 0 N–H and O–H groups in total. The van der Waals surface area contributed by atoms with Crippen molar-refractivity contribution in [1.82, 2.24) is 4.90 Å². The Kier molecular flexibility index (Phi) is 4.23. The molecule has 2 nitrogen and oxygen atoms in total. The number of rotatable bonds is 5. The highest BCUT2D eigenvalue weighted by atomic mass is 32.1. The maximum Gasteiger partial charge on any atom is 0.157 e. The van der Waals surface area contributed by atoms with Gasteiger partial charge in [0.15, 0.2) is 5.78 Å². The molecule has 1 saturated heterocycles. The molecule has 100 valence electrons. The number of carbonyl (C=O) groups is 1. The van der Waals surface area contributed by atoms with Gasteiger partial charge in [-0.15, -0.1) is 11.3 Å². The van der Waals surface area contributed by atoms with E-state index in [1.54, 1.807) is 11.3 Å². The lowest BCUT2D eigenvalue weighted by molar-refractivity contribution is -0.128. The van der Waals surface area contributed by atoms with Gasteiger partial charge < -0.3 is 0 Å². The minimum absolute atomic E-state index is 0.299. The van der Waals surface area contributed by atoms with E-state index in [4.69, 9.17) is 0 Å². The number of hydrogen-bond donors (Lipinski definition) is 0. The molecule has 0 radical (unpaired) electrons. The Morgan fingerprint density at radius 1 is 1.28 bits per heavy atom. The van der Waals surface area contributed by atoms with Crippen LogP contribution < -0.4 is 0 Å². The fraction of sp³-hybridized carbons (Fsp3) is 0.667. The van der Waals surface area contributed by atoms with Gasteiger partial charge in [0.1, 0.15) is 0 Å². The fourth-order valence-electron chi connectivity index (χ4n) is 2.53. The molecule has 0 aromatic carbocycles. The van der Waals surface area contributed by atoms with Crippen LogP contribution >= 0.6 is 11.3 Å². The Bertz CT molecular complexity index is 416. The number of likely N-dealkylation sites (tertiary alicyclic amines) is 1. The highest BCUT2D eigenvalue weighted by molar-refractivity contribution is 7.12. The maximum absolute atomic E-state index is 12.5. The Labute approximate surface area is 114 Å². The van der Waals surface area contributed by atoms with Gasteiger partial charge in [0.05, 0.1) is 5.54 Å². The topological polar surface area (TPSA) is 20.3 Å². The van der Waals surface area contributed by atoms with Gasteiger partial charge in [0.25, 0.3) is 0 Å². The monoisotopic (exact) mass is 265 g/mol. The van der Waals surface area contributed by atoms with Crippen molar-refractivity contribution in [3.63, 3.8) is 0 Å². The van der Waals surface area contributed by atoms with E-state index < -0.39 is 0 Å². The van der Waals surface area contributed by atoms with Crippen molar-refractivity contribution >= 4 is 17.1 Å². The third kappa shape index (κ3) is 2.83. The lowest BCUT2D eigenvalue weighted by Gasteiger charge is -2.33. The molecule has 0 bridgehead atoms. The molecule has 0 aliphatic carbocycles. The first-order valence-corrected chi connectivity index (χ1v) is 7.71.